The van der Waals surface area contributed by atoms with Crippen molar-refractivity contribution in [2.75, 3.05) is 37.7 Å². The van der Waals surface area contributed by atoms with Gasteiger partial charge >= 0.3 is 0 Å². The molecule has 1 saturated heterocycles. The van der Waals surface area contributed by atoms with E-state index >= 15 is 0 Å². The summed E-state index contributed by atoms with van der Waals surface area (Å²) in [6.45, 7) is 12.6. The third-order valence-corrected chi connectivity index (χ3v) is 9.17. The van der Waals surface area contributed by atoms with Crippen LogP contribution in [0.4, 0.5) is 11.6 Å². The maximum absolute atomic E-state index is 14.1. The molecule has 1 aromatic carbocycles. The van der Waals surface area contributed by atoms with E-state index in [0.29, 0.717) is 23.3 Å². The highest BCUT2D eigenvalue weighted by Gasteiger charge is 2.24. The summed E-state index contributed by atoms with van der Waals surface area (Å²) in [5, 5.41) is 15.0. The van der Waals surface area contributed by atoms with Crippen molar-refractivity contribution in [2.45, 2.75) is 59.2 Å². The summed E-state index contributed by atoms with van der Waals surface area (Å²) < 4.78 is 1.78. The third-order valence-electron chi connectivity index (χ3n) is 8.17. The molecule has 0 amide bonds. The lowest BCUT2D eigenvalue weighted by Crippen LogP contribution is -2.44. The lowest BCUT2D eigenvalue weighted by molar-refractivity contribution is 0.115. The van der Waals surface area contributed by atoms with Gasteiger partial charge in [-0.1, -0.05) is 32.0 Å². The third kappa shape index (κ3) is 6.19. The van der Waals surface area contributed by atoms with Gasteiger partial charge < -0.3 is 16.0 Å². The number of likely N-dealkylation sites (tertiary alicyclic amines) is 1. The van der Waals surface area contributed by atoms with E-state index in [0.717, 1.165) is 47.8 Å². The van der Waals surface area contributed by atoms with Crippen LogP contribution in [0, 0.1) is 24.2 Å². The first-order valence-electron chi connectivity index (χ1n) is 14.6. The molecule has 3 aromatic heterocycles. The Morgan fingerprint density at radius 3 is 2.69 bits per heavy atom. The average Bonchev–Trinajstić information content (AvgIpc) is 3.34. The molecule has 220 valence electrons. The number of rotatable bonds is 9. The SMILES string of the molecule is Cc1csc2cc([C@H](C)Nc3ncnc(N)c3C#N)c(-c3cccc(CN4CCC(N(C)CC(C)C)CC4)c3)c(=O)n12. The van der Waals surface area contributed by atoms with Crippen LogP contribution in [0.25, 0.3) is 16.0 Å². The summed E-state index contributed by atoms with van der Waals surface area (Å²) >= 11 is 1.54. The van der Waals surface area contributed by atoms with Crippen molar-refractivity contribution in [3.63, 3.8) is 0 Å². The smallest absolute Gasteiger partial charge is 0.264 e. The fourth-order valence-electron chi connectivity index (χ4n) is 6.08. The van der Waals surface area contributed by atoms with Crippen LogP contribution in [0.15, 0.2) is 46.8 Å². The summed E-state index contributed by atoms with van der Waals surface area (Å²) in [6, 6.07) is 12.8. The molecule has 10 heteroatoms. The molecule has 42 heavy (non-hydrogen) atoms. The van der Waals surface area contributed by atoms with Crippen LogP contribution in [-0.4, -0.2) is 56.9 Å². The predicted octanol–water partition coefficient (Wildman–Crippen LogP) is 5.31. The fourth-order valence-corrected chi connectivity index (χ4v) is 7.01. The number of aromatic nitrogens is 3. The lowest BCUT2D eigenvalue weighted by atomic mass is 9.95. The Morgan fingerprint density at radius 2 is 1.98 bits per heavy atom. The quantitative estimate of drug-likeness (QED) is 0.272. The molecule has 1 aliphatic rings. The first kappa shape index (κ1) is 29.7. The number of benzene rings is 1. The van der Waals surface area contributed by atoms with Gasteiger partial charge in [-0.15, -0.1) is 11.3 Å². The molecule has 0 radical (unpaired) electrons. The minimum atomic E-state index is -0.327. The maximum atomic E-state index is 14.1. The molecule has 0 saturated carbocycles. The van der Waals surface area contributed by atoms with Crippen LogP contribution in [0.2, 0.25) is 0 Å². The number of nitrogens with two attached hydrogens (primary N) is 1. The van der Waals surface area contributed by atoms with Gasteiger partial charge in [0, 0.05) is 30.2 Å². The Labute approximate surface area is 251 Å². The van der Waals surface area contributed by atoms with E-state index in [4.69, 9.17) is 5.73 Å². The molecule has 3 N–H and O–H groups in total. The number of fused-ring (bicyclic) bond motifs is 1. The average molecular weight is 585 g/mol. The van der Waals surface area contributed by atoms with Crippen LogP contribution in [0.5, 0.6) is 0 Å². The number of aryl methyl sites for hydroxylation is 1. The minimum Gasteiger partial charge on any atom is -0.382 e. The Balaban J connectivity index is 1.45. The predicted molar refractivity (Wildman–Crippen MR) is 171 cm³/mol. The Bertz CT molecular complexity index is 1660. The first-order valence-corrected chi connectivity index (χ1v) is 15.5. The van der Waals surface area contributed by atoms with E-state index < -0.39 is 0 Å². The second-order valence-electron chi connectivity index (χ2n) is 11.8. The standard InChI is InChI=1S/C32H40N8OS/c1-20(2)16-38(5)25-9-11-39(12-10-25)17-23-7-6-8-24(13-23)29-26(14-28-40(32(29)41)21(3)18-42-28)22(4)37-31-27(15-33)30(34)35-19-36-31/h6-8,13-14,18-20,22,25H,9-12,16-17H2,1-5H3,(H3,34,35,36,37)/t22-/m0/s1. The number of anilines is 2. The highest BCUT2D eigenvalue weighted by Crippen LogP contribution is 2.32. The zero-order valence-corrected chi connectivity index (χ0v) is 25.9. The molecule has 0 bridgehead atoms. The van der Waals surface area contributed by atoms with Crippen LogP contribution >= 0.6 is 11.3 Å². The lowest BCUT2D eigenvalue weighted by Gasteiger charge is -2.37. The Kier molecular flexibility index (Phi) is 8.92. The van der Waals surface area contributed by atoms with E-state index in [1.165, 1.54) is 36.1 Å². The summed E-state index contributed by atoms with van der Waals surface area (Å²) in [5.74, 6) is 1.14. The fraction of sp³-hybridized carbons (Fsp3) is 0.438. The van der Waals surface area contributed by atoms with Crippen LogP contribution in [0.1, 0.15) is 62.0 Å². The number of nitriles is 1. The van der Waals surface area contributed by atoms with Crippen LogP contribution < -0.4 is 16.6 Å². The molecular weight excluding hydrogens is 544 g/mol. The Morgan fingerprint density at radius 1 is 1.21 bits per heavy atom. The molecule has 0 unspecified atom stereocenters. The minimum absolute atomic E-state index is 0.0521. The van der Waals surface area contributed by atoms with Crippen molar-refractivity contribution in [2.24, 2.45) is 5.92 Å². The van der Waals surface area contributed by atoms with E-state index in [9.17, 15) is 10.1 Å². The molecule has 0 spiro atoms. The number of nitrogens with one attached hydrogen (secondary N) is 1. The van der Waals surface area contributed by atoms with E-state index in [1.807, 2.05) is 31.4 Å². The van der Waals surface area contributed by atoms with Gasteiger partial charge in [-0.3, -0.25) is 14.1 Å². The topological polar surface area (TPSA) is 116 Å². The van der Waals surface area contributed by atoms with Crippen molar-refractivity contribution >= 4 is 27.8 Å². The number of nitrogen functional groups attached to an aromatic ring is 1. The number of thiazole rings is 1. The number of pyridine rings is 1. The van der Waals surface area contributed by atoms with Crippen molar-refractivity contribution < 1.29 is 0 Å². The van der Waals surface area contributed by atoms with Gasteiger partial charge in [-0.2, -0.15) is 5.26 Å². The molecular formula is C32H40N8OS. The first-order chi connectivity index (χ1) is 20.2. The number of piperidine rings is 1. The summed E-state index contributed by atoms with van der Waals surface area (Å²) in [7, 11) is 2.25. The largest absolute Gasteiger partial charge is 0.382 e. The molecule has 4 aromatic rings. The number of hydrogen-bond acceptors (Lipinski definition) is 9. The van der Waals surface area contributed by atoms with Crippen LogP contribution in [0.3, 0.4) is 0 Å². The van der Waals surface area contributed by atoms with Gasteiger partial charge in [0.15, 0.2) is 0 Å². The molecule has 9 nitrogen and oxygen atoms in total. The van der Waals surface area contributed by atoms with Gasteiger partial charge in [0.2, 0.25) is 0 Å². The maximum Gasteiger partial charge on any atom is 0.264 e. The normalized spacial score (nSPS) is 15.4. The zero-order valence-electron chi connectivity index (χ0n) is 25.1. The van der Waals surface area contributed by atoms with Gasteiger partial charge in [0.25, 0.3) is 5.56 Å². The van der Waals surface area contributed by atoms with Gasteiger partial charge in [0.05, 0.1) is 11.6 Å². The Hall–Kier alpha value is -3.78. The number of hydrogen-bond donors (Lipinski definition) is 2. The van der Waals surface area contributed by atoms with Crippen molar-refractivity contribution in [3.05, 3.63) is 74.8 Å². The van der Waals surface area contributed by atoms with Crippen molar-refractivity contribution in [1.82, 2.24) is 24.2 Å². The van der Waals surface area contributed by atoms with Gasteiger partial charge in [0.1, 0.15) is 34.4 Å². The molecule has 0 aliphatic carbocycles. The van der Waals surface area contributed by atoms with Crippen molar-refractivity contribution in [1.29, 1.82) is 5.26 Å². The molecule has 1 aliphatic heterocycles. The van der Waals surface area contributed by atoms with Gasteiger partial charge in [-0.05, 0) is 81.6 Å². The van der Waals surface area contributed by atoms with Crippen LogP contribution in [-0.2, 0) is 6.54 Å². The van der Waals surface area contributed by atoms with Crippen molar-refractivity contribution in [3.8, 4) is 17.2 Å². The second-order valence-corrected chi connectivity index (χ2v) is 12.7. The molecule has 1 fully saturated rings. The van der Waals surface area contributed by atoms with E-state index in [2.05, 4.69) is 70.2 Å². The zero-order chi connectivity index (χ0) is 30.0. The second kappa shape index (κ2) is 12.6. The molecule has 1 atom stereocenters. The van der Waals surface area contributed by atoms with Gasteiger partial charge in [-0.25, -0.2) is 9.97 Å². The van der Waals surface area contributed by atoms with E-state index in [1.54, 1.807) is 4.40 Å². The monoisotopic (exact) mass is 584 g/mol. The summed E-state index contributed by atoms with van der Waals surface area (Å²) in [5.41, 5.74) is 10.5. The highest BCUT2D eigenvalue weighted by atomic mass is 32.1. The molecule has 5 rings (SSSR count). The summed E-state index contributed by atoms with van der Waals surface area (Å²) in [4.78, 5) is 28.2. The summed E-state index contributed by atoms with van der Waals surface area (Å²) in [6.07, 6.45) is 3.68. The number of nitrogens with zero attached hydrogens (tertiary/aromatic N) is 6. The highest BCUT2D eigenvalue weighted by molar-refractivity contribution is 7.15. The molecule has 4 heterocycles. The van der Waals surface area contributed by atoms with E-state index in [-0.39, 0.29) is 23.0 Å².